The summed E-state index contributed by atoms with van der Waals surface area (Å²) in [7, 11) is 0. The Balaban J connectivity index is 1.51. The molecule has 4 rings (SSSR count). The molecule has 0 spiro atoms. The minimum atomic E-state index is -1.42. The fourth-order valence-corrected chi connectivity index (χ4v) is 5.18. The normalized spacial score (nSPS) is 18.4. The number of nitrogens with one attached hydrogen (secondary N) is 1. The number of anilines is 1. The van der Waals surface area contributed by atoms with Crippen LogP contribution >= 0.6 is 58.0 Å². The van der Waals surface area contributed by atoms with Gasteiger partial charge in [0.05, 0.1) is 26.5 Å². The van der Waals surface area contributed by atoms with Gasteiger partial charge < -0.3 is 5.32 Å². The largest absolute Gasteiger partial charge is 0.326 e. The van der Waals surface area contributed by atoms with Gasteiger partial charge in [0, 0.05) is 18.0 Å². The van der Waals surface area contributed by atoms with E-state index in [1.165, 1.54) is 48.5 Å². The first-order chi connectivity index (χ1) is 16.0. The number of halogens is 7. The van der Waals surface area contributed by atoms with E-state index in [1.54, 1.807) is 0 Å². The monoisotopic (exact) mass is 561 g/mol. The smallest absolute Gasteiger partial charge is 0.231 e. The molecule has 176 valence electrons. The summed E-state index contributed by atoms with van der Waals surface area (Å²) in [6.45, 7) is 0. The predicted octanol–water partition coefficient (Wildman–Crippen LogP) is 7.88. The van der Waals surface area contributed by atoms with Crippen molar-refractivity contribution in [2.24, 2.45) is 5.92 Å². The third kappa shape index (κ3) is 5.05. The van der Waals surface area contributed by atoms with E-state index in [9.17, 15) is 18.4 Å². The molecule has 1 aliphatic carbocycles. The van der Waals surface area contributed by atoms with Gasteiger partial charge in [0.2, 0.25) is 5.91 Å². The van der Waals surface area contributed by atoms with Gasteiger partial charge in [0.25, 0.3) is 0 Å². The Hall–Kier alpha value is -1.89. The number of hydrogen-bond donors (Lipinski definition) is 1. The summed E-state index contributed by atoms with van der Waals surface area (Å²) in [4.78, 5) is 25.5. The van der Waals surface area contributed by atoms with Crippen molar-refractivity contribution in [1.29, 1.82) is 0 Å². The van der Waals surface area contributed by atoms with Crippen LogP contribution in [0.25, 0.3) is 0 Å². The van der Waals surface area contributed by atoms with E-state index < -0.39 is 39.5 Å². The molecule has 10 heteroatoms. The van der Waals surface area contributed by atoms with Gasteiger partial charge in [-0.15, -0.1) is 23.2 Å². The maximum Gasteiger partial charge on any atom is 0.231 e. The number of amides is 1. The molecule has 3 nitrogen and oxygen atoms in total. The molecule has 2 atom stereocenters. The second kappa shape index (κ2) is 9.63. The zero-order chi connectivity index (χ0) is 24.8. The zero-order valence-corrected chi connectivity index (χ0v) is 20.8. The summed E-state index contributed by atoms with van der Waals surface area (Å²) in [6.07, 6.45) is -0.135. The standard InChI is InChI=1S/C24H14Cl5F2NO2/c25-16-8-12(9-17(26)22(16)27)20-21(24(20,28)29)23(34)32-14-5-6-18(31)15(10-14)19(33)7-11-1-3-13(30)4-2-11/h1-6,8-10,20-21H,7H2,(H,32,34). The Morgan fingerprint density at radius 1 is 0.912 bits per heavy atom. The minimum absolute atomic E-state index is 0.135. The first kappa shape index (κ1) is 25.2. The number of carbonyl (C=O) groups excluding carboxylic acids is 2. The highest BCUT2D eigenvalue weighted by Crippen LogP contribution is 2.65. The molecule has 2 unspecified atom stereocenters. The third-order valence-electron chi connectivity index (χ3n) is 5.51. The first-order valence-corrected chi connectivity index (χ1v) is 11.8. The van der Waals surface area contributed by atoms with E-state index in [0.717, 1.165) is 6.07 Å². The SMILES string of the molecule is O=C(Cc1ccc(F)cc1)c1cc(NC(=O)C2C(c3cc(Cl)c(Cl)c(Cl)c3)C2(Cl)Cl)ccc1F. The summed E-state index contributed by atoms with van der Waals surface area (Å²) in [6, 6.07) is 12.0. The van der Waals surface area contributed by atoms with Crippen LogP contribution in [0.15, 0.2) is 54.6 Å². The van der Waals surface area contributed by atoms with E-state index in [1.807, 2.05) is 0 Å². The number of benzene rings is 3. The van der Waals surface area contributed by atoms with Crippen molar-refractivity contribution in [3.63, 3.8) is 0 Å². The van der Waals surface area contributed by atoms with E-state index in [0.29, 0.717) is 11.1 Å². The molecule has 3 aromatic carbocycles. The molecule has 34 heavy (non-hydrogen) atoms. The van der Waals surface area contributed by atoms with Crippen LogP contribution in [-0.2, 0) is 11.2 Å². The van der Waals surface area contributed by atoms with Crippen molar-refractivity contribution in [2.45, 2.75) is 16.7 Å². The van der Waals surface area contributed by atoms with Crippen LogP contribution < -0.4 is 5.32 Å². The zero-order valence-electron chi connectivity index (χ0n) is 17.0. The number of carbonyl (C=O) groups is 2. The Morgan fingerprint density at radius 2 is 1.53 bits per heavy atom. The fraction of sp³-hybridized carbons (Fsp3) is 0.167. The lowest BCUT2D eigenvalue weighted by molar-refractivity contribution is -0.117. The van der Waals surface area contributed by atoms with Gasteiger partial charge in [-0.05, 0) is 53.6 Å². The van der Waals surface area contributed by atoms with Gasteiger partial charge in [0.15, 0.2) is 5.78 Å². The lowest BCUT2D eigenvalue weighted by atomic mass is 10.0. The molecule has 1 fully saturated rings. The van der Waals surface area contributed by atoms with E-state index >= 15 is 0 Å². The molecule has 1 aliphatic rings. The van der Waals surface area contributed by atoms with Gasteiger partial charge in [0.1, 0.15) is 16.0 Å². The fourth-order valence-electron chi connectivity index (χ4n) is 3.74. The quantitative estimate of drug-likeness (QED) is 0.188. The van der Waals surface area contributed by atoms with Crippen LogP contribution in [0.4, 0.5) is 14.5 Å². The average molecular weight is 564 g/mol. The summed E-state index contributed by atoms with van der Waals surface area (Å²) >= 11 is 30.9. The maximum absolute atomic E-state index is 14.3. The minimum Gasteiger partial charge on any atom is -0.326 e. The summed E-state index contributed by atoms with van der Waals surface area (Å²) < 4.78 is 26.0. The molecular weight excluding hydrogens is 550 g/mol. The molecule has 0 saturated heterocycles. The molecule has 1 N–H and O–H groups in total. The van der Waals surface area contributed by atoms with Crippen molar-refractivity contribution in [1.82, 2.24) is 0 Å². The van der Waals surface area contributed by atoms with Crippen LogP contribution in [0.3, 0.4) is 0 Å². The molecule has 3 aromatic rings. The highest BCUT2D eigenvalue weighted by Gasteiger charge is 2.67. The summed E-state index contributed by atoms with van der Waals surface area (Å²) in [5, 5.41) is 3.19. The van der Waals surface area contributed by atoms with Gasteiger partial charge in [-0.3, -0.25) is 9.59 Å². The number of Topliss-reactive ketones (excluding diaryl/α,β-unsaturated/α-hetero) is 1. The van der Waals surface area contributed by atoms with Gasteiger partial charge in [-0.1, -0.05) is 46.9 Å². The van der Waals surface area contributed by atoms with Gasteiger partial charge in [-0.2, -0.15) is 0 Å². The topological polar surface area (TPSA) is 46.2 Å². The van der Waals surface area contributed by atoms with Crippen molar-refractivity contribution in [3.05, 3.63) is 98.0 Å². The number of alkyl halides is 2. The van der Waals surface area contributed by atoms with Crippen molar-refractivity contribution in [3.8, 4) is 0 Å². The Bertz CT molecular complexity index is 1270. The van der Waals surface area contributed by atoms with Crippen LogP contribution in [0.5, 0.6) is 0 Å². The van der Waals surface area contributed by atoms with E-state index in [4.69, 9.17) is 58.0 Å². The average Bonchev–Trinajstić information content (AvgIpc) is 3.36. The lowest BCUT2D eigenvalue weighted by Gasteiger charge is -2.09. The van der Waals surface area contributed by atoms with Gasteiger partial charge in [-0.25, -0.2) is 8.78 Å². The van der Waals surface area contributed by atoms with Crippen LogP contribution in [0.1, 0.15) is 27.4 Å². The molecule has 1 amide bonds. The molecule has 0 bridgehead atoms. The number of rotatable bonds is 6. The predicted molar refractivity (Wildman–Crippen MR) is 132 cm³/mol. The Labute approximate surface area is 218 Å². The highest BCUT2D eigenvalue weighted by molar-refractivity contribution is 6.54. The lowest BCUT2D eigenvalue weighted by Crippen LogP contribution is -2.18. The Kier molecular flexibility index (Phi) is 7.14. The second-order valence-corrected chi connectivity index (χ2v) is 10.5. The van der Waals surface area contributed by atoms with Crippen molar-refractivity contribution < 1.29 is 18.4 Å². The highest BCUT2D eigenvalue weighted by atomic mass is 35.5. The molecule has 0 heterocycles. The maximum atomic E-state index is 14.3. The van der Waals surface area contributed by atoms with E-state index in [2.05, 4.69) is 5.32 Å². The Morgan fingerprint density at radius 3 is 2.15 bits per heavy atom. The summed E-state index contributed by atoms with van der Waals surface area (Å²) in [5.74, 6) is -3.71. The van der Waals surface area contributed by atoms with E-state index in [-0.39, 0.29) is 32.7 Å². The van der Waals surface area contributed by atoms with Crippen LogP contribution in [0.2, 0.25) is 15.1 Å². The molecule has 0 radical (unpaired) electrons. The molecule has 0 aliphatic heterocycles. The second-order valence-electron chi connectivity index (χ2n) is 7.84. The summed E-state index contributed by atoms with van der Waals surface area (Å²) in [5.41, 5.74) is 1.04. The van der Waals surface area contributed by atoms with Crippen LogP contribution in [0, 0.1) is 17.6 Å². The van der Waals surface area contributed by atoms with Crippen LogP contribution in [-0.4, -0.2) is 16.0 Å². The first-order valence-electron chi connectivity index (χ1n) is 9.89. The number of hydrogen-bond acceptors (Lipinski definition) is 2. The molecular formula is C24H14Cl5F2NO2. The number of ketones is 1. The third-order valence-corrected chi connectivity index (χ3v) is 7.65. The van der Waals surface area contributed by atoms with Gasteiger partial charge >= 0.3 is 0 Å². The van der Waals surface area contributed by atoms with Crippen molar-refractivity contribution >= 4 is 75.4 Å². The molecule has 1 saturated carbocycles. The molecule has 0 aromatic heterocycles. The van der Waals surface area contributed by atoms with Crippen molar-refractivity contribution in [2.75, 3.05) is 5.32 Å².